The van der Waals surface area contributed by atoms with Crippen molar-refractivity contribution in [2.24, 2.45) is 0 Å². The number of carbonyl (C=O) groups excluding carboxylic acids is 2. The van der Waals surface area contributed by atoms with Gasteiger partial charge in [-0.25, -0.2) is 4.79 Å². The molecule has 0 bridgehead atoms. The second-order valence-corrected chi connectivity index (χ2v) is 3.66. The Labute approximate surface area is 94.1 Å². The topological polar surface area (TPSA) is 43.4 Å². The van der Waals surface area contributed by atoms with E-state index in [-0.39, 0.29) is 16.1 Å². The van der Waals surface area contributed by atoms with Gasteiger partial charge in [-0.15, -0.1) is 0 Å². The van der Waals surface area contributed by atoms with Crippen molar-refractivity contribution in [3.63, 3.8) is 0 Å². The fourth-order valence-corrected chi connectivity index (χ4v) is 1.77. The molecule has 0 amide bonds. The largest absolute Gasteiger partial charge is 0.465 e. The second-order valence-electron chi connectivity index (χ2n) is 2.43. The number of hydrogen-bond donors (Lipinski definition) is 0. The number of rotatable bonds is 2. The maximum Gasteiger partial charge on any atom is 0.339 e. The van der Waals surface area contributed by atoms with E-state index < -0.39 is 5.97 Å². The van der Waals surface area contributed by atoms with Gasteiger partial charge in [-0.05, 0) is 12.1 Å². The molecule has 0 spiro atoms. The van der Waals surface area contributed by atoms with E-state index in [0.717, 1.165) is 0 Å². The lowest BCUT2D eigenvalue weighted by Crippen LogP contribution is -2.03. The molecule has 0 fully saturated rings. The van der Waals surface area contributed by atoms with Gasteiger partial charge >= 0.3 is 5.97 Å². The molecule has 0 aliphatic heterocycles. The van der Waals surface area contributed by atoms with Gasteiger partial charge in [-0.3, -0.25) is 4.79 Å². The van der Waals surface area contributed by atoms with E-state index in [0.29, 0.717) is 10.8 Å². The van der Waals surface area contributed by atoms with Crippen molar-refractivity contribution in [2.75, 3.05) is 7.11 Å². The minimum absolute atomic E-state index is 0.0984. The molecule has 0 saturated heterocycles. The van der Waals surface area contributed by atoms with E-state index in [4.69, 9.17) is 11.6 Å². The Hall–Kier alpha value is -0.870. The van der Waals surface area contributed by atoms with Gasteiger partial charge in [0.2, 0.25) is 0 Å². The molecule has 0 aliphatic rings. The van der Waals surface area contributed by atoms with E-state index >= 15 is 0 Å². The SMILES string of the molecule is COC(=O)c1ccc(Br)c(C=O)c1Cl. The van der Waals surface area contributed by atoms with Crippen LogP contribution in [0, 0.1) is 0 Å². The van der Waals surface area contributed by atoms with Crippen molar-refractivity contribution in [1.82, 2.24) is 0 Å². The molecule has 0 atom stereocenters. The molecule has 0 unspecified atom stereocenters. The first-order valence-corrected chi connectivity index (χ1v) is 4.80. The maximum absolute atomic E-state index is 11.2. The van der Waals surface area contributed by atoms with Crippen molar-refractivity contribution in [2.45, 2.75) is 0 Å². The van der Waals surface area contributed by atoms with Gasteiger partial charge in [0.25, 0.3) is 0 Å². The van der Waals surface area contributed by atoms with Crippen LogP contribution >= 0.6 is 27.5 Å². The number of halogens is 2. The molecule has 5 heteroatoms. The zero-order valence-corrected chi connectivity index (χ0v) is 9.55. The average Bonchev–Trinajstić information content (AvgIpc) is 2.18. The smallest absolute Gasteiger partial charge is 0.339 e. The molecule has 14 heavy (non-hydrogen) atoms. The predicted octanol–water partition coefficient (Wildman–Crippen LogP) is 2.70. The highest BCUT2D eigenvalue weighted by Gasteiger charge is 2.15. The number of hydrogen-bond acceptors (Lipinski definition) is 3. The number of ether oxygens (including phenoxy) is 1. The standard InChI is InChI=1S/C9H6BrClO3/c1-14-9(13)5-2-3-7(10)6(4-12)8(5)11/h2-4H,1H3. The molecule has 0 aromatic heterocycles. The number of methoxy groups -OCH3 is 1. The lowest BCUT2D eigenvalue weighted by molar-refractivity contribution is 0.0601. The molecule has 0 N–H and O–H groups in total. The van der Waals surface area contributed by atoms with Crippen molar-refractivity contribution < 1.29 is 14.3 Å². The molecule has 1 rings (SSSR count). The zero-order valence-electron chi connectivity index (χ0n) is 7.21. The van der Waals surface area contributed by atoms with Gasteiger partial charge in [0, 0.05) is 10.0 Å². The molecular formula is C9H6BrClO3. The number of carbonyl (C=O) groups is 2. The lowest BCUT2D eigenvalue weighted by Gasteiger charge is -2.05. The van der Waals surface area contributed by atoms with Crippen LogP contribution in [0.15, 0.2) is 16.6 Å². The summed E-state index contributed by atoms with van der Waals surface area (Å²) < 4.78 is 5.05. The normalized spacial score (nSPS) is 9.64. The third-order valence-electron chi connectivity index (χ3n) is 1.65. The minimum Gasteiger partial charge on any atom is -0.465 e. The summed E-state index contributed by atoms with van der Waals surface area (Å²) in [6.07, 6.45) is 0.582. The number of benzene rings is 1. The fraction of sp³-hybridized carbons (Fsp3) is 0.111. The molecule has 0 aliphatic carbocycles. The summed E-state index contributed by atoms with van der Waals surface area (Å²) in [5.41, 5.74) is 0.425. The Morgan fingerprint density at radius 3 is 2.71 bits per heavy atom. The van der Waals surface area contributed by atoms with Gasteiger partial charge in [-0.1, -0.05) is 27.5 Å². The summed E-state index contributed by atoms with van der Waals surface area (Å²) in [6.45, 7) is 0. The first kappa shape index (κ1) is 11.2. The number of aldehydes is 1. The monoisotopic (exact) mass is 276 g/mol. The third-order valence-corrected chi connectivity index (χ3v) is 2.75. The van der Waals surface area contributed by atoms with Crippen molar-refractivity contribution >= 4 is 39.8 Å². The molecule has 0 heterocycles. The van der Waals surface area contributed by atoms with Crippen LogP contribution < -0.4 is 0 Å². The highest BCUT2D eigenvalue weighted by atomic mass is 79.9. The molecule has 74 valence electrons. The molecular weight excluding hydrogens is 271 g/mol. The van der Waals surface area contributed by atoms with Crippen LogP contribution in [0.2, 0.25) is 5.02 Å². The molecule has 0 saturated carbocycles. The van der Waals surface area contributed by atoms with Crippen LogP contribution in [0.25, 0.3) is 0 Å². The van der Waals surface area contributed by atoms with Crippen molar-refractivity contribution in [1.29, 1.82) is 0 Å². The van der Waals surface area contributed by atoms with Crippen molar-refractivity contribution in [3.05, 3.63) is 32.8 Å². The number of esters is 1. The highest BCUT2D eigenvalue weighted by Crippen LogP contribution is 2.27. The van der Waals surface area contributed by atoms with Crippen LogP contribution in [0.4, 0.5) is 0 Å². The van der Waals surface area contributed by atoms with Crippen LogP contribution in [0.5, 0.6) is 0 Å². The predicted molar refractivity (Wildman–Crippen MR) is 55.9 cm³/mol. The van der Waals surface area contributed by atoms with Crippen LogP contribution in [0.3, 0.4) is 0 Å². The molecule has 1 aromatic rings. The lowest BCUT2D eigenvalue weighted by atomic mass is 10.1. The van der Waals surface area contributed by atoms with E-state index in [1.165, 1.54) is 13.2 Å². The Bertz CT molecular complexity index is 390. The minimum atomic E-state index is -0.564. The van der Waals surface area contributed by atoms with Gasteiger partial charge < -0.3 is 4.74 Å². The van der Waals surface area contributed by atoms with Gasteiger partial charge in [0.15, 0.2) is 6.29 Å². The summed E-state index contributed by atoms with van der Waals surface area (Å²) in [5.74, 6) is -0.564. The summed E-state index contributed by atoms with van der Waals surface area (Å²) in [5, 5.41) is 0.0984. The van der Waals surface area contributed by atoms with E-state index in [1.807, 2.05) is 0 Å². The van der Waals surface area contributed by atoms with Gasteiger partial charge in [-0.2, -0.15) is 0 Å². The molecule has 0 radical (unpaired) electrons. The summed E-state index contributed by atoms with van der Waals surface area (Å²) in [7, 11) is 1.25. The van der Waals surface area contributed by atoms with Crippen LogP contribution in [-0.2, 0) is 4.74 Å². The van der Waals surface area contributed by atoms with E-state index in [2.05, 4.69) is 20.7 Å². The van der Waals surface area contributed by atoms with Crippen LogP contribution in [-0.4, -0.2) is 19.4 Å². The third kappa shape index (κ3) is 1.96. The van der Waals surface area contributed by atoms with E-state index in [1.54, 1.807) is 6.07 Å². The van der Waals surface area contributed by atoms with E-state index in [9.17, 15) is 9.59 Å². The average molecular weight is 278 g/mol. The first-order chi connectivity index (χ1) is 6.61. The Morgan fingerprint density at radius 2 is 2.21 bits per heavy atom. The van der Waals surface area contributed by atoms with Gasteiger partial charge in [0.05, 0.1) is 17.7 Å². The summed E-state index contributed by atoms with van der Waals surface area (Å²) in [6, 6.07) is 3.06. The highest BCUT2D eigenvalue weighted by molar-refractivity contribution is 9.10. The summed E-state index contributed by atoms with van der Waals surface area (Å²) >= 11 is 8.97. The quantitative estimate of drug-likeness (QED) is 0.616. The first-order valence-electron chi connectivity index (χ1n) is 3.63. The summed E-state index contributed by atoms with van der Waals surface area (Å²) in [4.78, 5) is 21.8. The van der Waals surface area contributed by atoms with Gasteiger partial charge in [0.1, 0.15) is 0 Å². The fourth-order valence-electron chi connectivity index (χ4n) is 0.945. The zero-order chi connectivity index (χ0) is 10.7. The van der Waals surface area contributed by atoms with Crippen LogP contribution in [0.1, 0.15) is 20.7 Å². The van der Waals surface area contributed by atoms with Crippen molar-refractivity contribution in [3.8, 4) is 0 Å². The Balaban J connectivity index is 3.35. The molecule has 1 aromatic carbocycles. The Morgan fingerprint density at radius 1 is 1.57 bits per heavy atom. The maximum atomic E-state index is 11.2. The molecule has 3 nitrogen and oxygen atoms in total. The Kier molecular flexibility index (Phi) is 3.66. The second kappa shape index (κ2) is 4.57.